The molecule has 1 aliphatic carbocycles. The molecule has 4 rings (SSSR count). The largest absolute Gasteiger partial charge is 0.366 e. The molecule has 1 fully saturated rings. The van der Waals surface area contributed by atoms with Crippen LogP contribution < -0.4 is 22.1 Å². The van der Waals surface area contributed by atoms with E-state index in [0.717, 1.165) is 35.2 Å². The number of benzene rings is 1. The fourth-order valence-electron chi connectivity index (χ4n) is 3.43. The zero-order valence-electron chi connectivity index (χ0n) is 14.8. The number of fused-ring (bicyclic) bond motifs is 1. The first-order valence-electron chi connectivity index (χ1n) is 9.03. The summed E-state index contributed by atoms with van der Waals surface area (Å²) in [5.41, 5.74) is 15.6. The molecule has 8 heteroatoms. The molecule has 1 aliphatic rings. The molecule has 0 radical (unpaired) electrons. The van der Waals surface area contributed by atoms with Crippen molar-refractivity contribution in [2.75, 3.05) is 10.6 Å². The zero-order valence-corrected chi connectivity index (χ0v) is 15.6. The Morgan fingerprint density at radius 3 is 2.85 bits per heavy atom. The van der Waals surface area contributed by atoms with Crippen molar-refractivity contribution in [2.45, 2.75) is 37.8 Å². The third-order valence-corrected chi connectivity index (χ3v) is 5.72. The molecule has 2 atom stereocenters. The van der Waals surface area contributed by atoms with Gasteiger partial charge in [-0.3, -0.25) is 4.79 Å². The lowest BCUT2D eigenvalue weighted by atomic mass is 9.91. The average Bonchev–Trinajstić information content (AvgIpc) is 3.11. The summed E-state index contributed by atoms with van der Waals surface area (Å²) in [6.07, 6.45) is 4.35. The number of hydrogen-bond acceptors (Lipinski definition) is 7. The number of thiazole rings is 1. The van der Waals surface area contributed by atoms with E-state index in [4.69, 9.17) is 11.5 Å². The second-order valence-corrected chi connectivity index (χ2v) is 7.70. The number of carbonyl (C=O) groups is 1. The Kier molecular flexibility index (Phi) is 4.91. The van der Waals surface area contributed by atoms with Crippen molar-refractivity contribution in [3.8, 4) is 0 Å². The van der Waals surface area contributed by atoms with Crippen molar-refractivity contribution in [1.29, 1.82) is 0 Å². The maximum Gasteiger partial charge on any atom is 0.252 e. The highest BCUT2D eigenvalue weighted by Crippen LogP contribution is 2.27. The SMILES string of the molecule is NC(=O)c1ccc(N[C@@H]2CCCC[C@@H]2N)nc1Nc1ccc2scnc2c1. The van der Waals surface area contributed by atoms with Gasteiger partial charge >= 0.3 is 0 Å². The van der Waals surface area contributed by atoms with Crippen LogP contribution in [0.2, 0.25) is 0 Å². The molecule has 0 aliphatic heterocycles. The highest BCUT2D eigenvalue weighted by molar-refractivity contribution is 7.16. The maximum absolute atomic E-state index is 11.8. The molecule has 1 aromatic carbocycles. The number of nitrogens with zero attached hydrogens (tertiary/aromatic N) is 2. The number of aromatic nitrogens is 2. The molecule has 1 amide bonds. The summed E-state index contributed by atoms with van der Waals surface area (Å²) in [6.45, 7) is 0. The van der Waals surface area contributed by atoms with Crippen molar-refractivity contribution in [3.63, 3.8) is 0 Å². The quantitative estimate of drug-likeness (QED) is 0.538. The Balaban J connectivity index is 1.61. The second kappa shape index (κ2) is 7.50. The molecule has 2 aromatic heterocycles. The van der Waals surface area contributed by atoms with Crippen LogP contribution >= 0.6 is 11.3 Å². The van der Waals surface area contributed by atoms with Gasteiger partial charge in [-0.15, -0.1) is 11.3 Å². The molecule has 0 unspecified atom stereocenters. The summed E-state index contributed by atoms with van der Waals surface area (Å²) in [5.74, 6) is 0.576. The van der Waals surface area contributed by atoms with E-state index in [9.17, 15) is 4.79 Å². The van der Waals surface area contributed by atoms with Crippen molar-refractivity contribution in [2.24, 2.45) is 11.5 Å². The molecule has 0 bridgehead atoms. The summed E-state index contributed by atoms with van der Waals surface area (Å²) in [4.78, 5) is 20.7. The standard InChI is InChI=1S/C19H22N6OS/c20-13-3-1-2-4-14(13)24-17-8-6-12(18(21)26)19(25-17)23-11-5-7-16-15(9-11)22-10-27-16/h5-10,13-14H,1-4,20H2,(H2,21,26)(H2,23,24,25)/t13-,14+/m0/s1. The summed E-state index contributed by atoms with van der Waals surface area (Å²) >= 11 is 1.58. The van der Waals surface area contributed by atoms with E-state index in [0.29, 0.717) is 17.2 Å². The van der Waals surface area contributed by atoms with E-state index in [-0.39, 0.29) is 12.1 Å². The van der Waals surface area contributed by atoms with Crippen LogP contribution in [-0.4, -0.2) is 28.0 Å². The Bertz CT molecular complexity index is 972. The van der Waals surface area contributed by atoms with Gasteiger partial charge < -0.3 is 22.1 Å². The molecule has 140 valence electrons. The van der Waals surface area contributed by atoms with Crippen LogP contribution in [0.1, 0.15) is 36.0 Å². The van der Waals surface area contributed by atoms with Crippen LogP contribution in [-0.2, 0) is 0 Å². The van der Waals surface area contributed by atoms with Crippen molar-refractivity contribution < 1.29 is 4.79 Å². The number of nitrogens with one attached hydrogen (secondary N) is 2. The highest BCUT2D eigenvalue weighted by atomic mass is 32.1. The number of rotatable bonds is 5. The van der Waals surface area contributed by atoms with Crippen LogP contribution in [0.15, 0.2) is 35.8 Å². The second-order valence-electron chi connectivity index (χ2n) is 6.82. The lowest BCUT2D eigenvalue weighted by molar-refractivity contribution is 0.100. The van der Waals surface area contributed by atoms with E-state index >= 15 is 0 Å². The van der Waals surface area contributed by atoms with Gasteiger partial charge in [-0.2, -0.15) is 0 Å². The van der Waals surface area contributed by atoms with Gasteiger partial charge in [-0.1, -0.05) is 12.8 Å². The topological polar surface area (TPSA) is 119 Å². The van der Waals surface area contributed by atoms with E-state index < -0.39 is 5.91 Å². The molecule has 3 aromatic rings. The van der Waals surface area contributed by atoms with Gasteiger partial charge in [-0.25, -0.2) is 9.97 Å². The lowest BCUT2D eigenvalue weighted by Gasteiger charge is -2.29. The lowest BCUT2D eigenvalue weighted by Crippen LogP contribution is -2.42. The molecule has 7 nitrogen and oxygen atoms in total. The number of hydrogen-bond donors (Lipinski definition) is 4. The monoisotopic (exact) mass is 382 g/mol. The fourth-order valence-corrected chi connectivity index (χ4v) is 4.09. The van der Waals surface area contributed by atoms with E-state index in [1.165, 1.54) is 6.42 Å². The van der Waals surface area contributed by atoms with Gasteiger partial charge in [0.2, 0.25) is 0 Å². The number of anilines is 3. The van der Waals surface area contributed by atoms with Crippen LogP contribution in [0.3, 0.4) is 0 Å². The molecule has 0 saturated heterocycles. The van der Waals surface area contributed by atoms with E-state index in [1.54, 1.807) is 29.0 Å². The van der Waals surface area contributed by atoms with Gasteiger partial charge in [0.1, 0.15) is 11.6 Å². The third-order valence-electron chi connectivity index (χ3n) is 4.91. The number of carbonyl (C=O) groups excluding carboxylic acids is 1. The number of nitrogens with two attached hydrogens (primary N) is 2. The Labute approximate surface area is 161 Å². The van der Waals surface area contributed by atoms with Crippen LogP contribution in [0.5, 0.6) is 0 Å². The summed E-state index contributed by atoms with van der Waals surface area (Å²) < 4.78 is 1.10. The molecular formula is C19H22N6OS. The smallest absolute Gasteiger partial charge is 0.252 e. The number of amides is 1. The first-order valence-corrected chi connectivity index (χ1v) is 9.91. The number of primary amides is 1. The normalized spacial score (nSPS) is 19.7. The number of pyridine rings is 1. The minimum atomic E-state index is -0.527. The average molecular weight is 382 g/mol. The summed E-state index contributed by atoms with van der Waals surface area (Å²) in [7, 11) is 0. The summed E-state index contributed by atoms with van der Waals surface area (Å²) in [6, 6.07) is 9.61. The minimum absolute atomic E-state index is 0.111. The molecular weight excluding hydrogens is 360 g/mol. The Hall–Kier alpha value is -2.71. The van der Waals surface area contributed by atoms with Gasteiger partial charge in [0.15, 0.2) is 0 Å². The van der Waals surface area contributed by atoms with Crippen LogP contribution in [0.4, 0.5) is 17.3 Å². The minimum Gasteiger partial charge on any atom is -0.366 e. The Morgan fingerprint density at radius 1 is 1.19 bits per heavy atom. The molecule has 2 heterocycles. The van der Waals surface area contributed by atoms with Crippen molar-refractivity contribution in [1.82, 2.24) is 9.97 Å². The van der Waals surface area contributed by atoms with Gasteiger partial charge in [-0.05, 0) is 43.2 Å². The highest BCUT2D eigenvalue weighted by Gasteiger charge is 2.22. The van der Waals surface area contributed by atoms with Crippen molar-refractivity contribution >= 4 is 44.8 Å². The Morgan fingerprint density at radius 2 is 2.04 bits per heavy atom. The van der Waals surface area contributed by atoms with Gasteiger partial charge in [0.05, 0.1) is 21.3 Å². The van der Waals surface area contributed by atoms with E-state index in [2.05, 4.69) is 20.6 Å². The maximum atomic E-state index is 11.8. The van der Waals surface area contributed by atoms with Gasteiger partial charge in [0.25, 0.3) is 5.91 Å². The predicted octanol–water partition coefficient (Wildman–Crippen LogP) is 3.22. The predicted molar refractivity (Wildman–Crippen MR) is 110 cm³/mol. The molecule has 27 heavy (non-hydrogen) atoms. The first kappa shape index (κ1) is 17.7. The van der Waals surface area contributed by atoms with Crippen molar-refractivity contribution in [3.05, 3.63) is 41.4 Å². The van der Waals surface area contributed by atoms with Gasteiger partial charge in [0, 0.05) is 17.8 Å². The molecule has 1 saturated carbocycles. The van der Waals surface area contributed by atoms with E-state index in [1.807, 2.05) is 18.2 Å². The molecule has 0 spiro atoms. The third kappa shape index (κ3) is 3.86. The summed E-state index contributed by atoms with van der Waals surface area (Å²) in [5, 5.41) is 6.62. The van der Waals surface area contributed by atoms with Crippen LogP contribution in [0.25, 0.3) is 10.2 Å². The molecule has 6 N–H and O–H groups in total. The van der Waals surface area contributed by atoms with Crippen LogP contribution in [0, 0.1) is 0 Å². The fraction of sp³-hybridized carbons (Fsp3) is 0.316. The first-order chi connectivity index (χ1) is 13.1. The zero-order chi connectivity index (χ0) is 18.8.